The van der Waals surface area contributed by atoms with Crippen molar-refractivity contribution >= 4 is 11.6 Å². The zero-order valence-corrected chi connectivity index (χ0v) is 22.8. The van der Waals surface area contributed by atoms with Crippen LogP contribution in [0.3, 0.4) is 0 Å². The molecule has 0 aliphatic rings. The highest BCUT2D eigenvalue weighted by Gasteiger charge is 2.17. The van der Waals surface area contributed by atoms with Crippen LogP contribution >= 0.6 is 0 Å². The lowest BCUT2D eigenvalue weighted by molar-refractivity contribution is 0.103. The first-order valence-corrected chi connectivity index (χ1v) is 13.8. The van der Waals surface area contributed by atoms with Crippen molar-refractivity contribution < 1.29 is 19.1 Å². The number of hydrogen-bond donors (Lipinski definition) is 0. The van der Waals surface area contributed by atoms with Gasteiger partial charge in [0.25, 0.3) is 0 Å². The third-order valence-corrected chi connectivity index (χ3v) is 6.61. The smallest absolute Gasteiger partial charge is 0.193 e. The van der Waals surface area contributed by atoms with Crippen LogP contribution in [0.2, 0.25) is 0 Å². The number of hydrogen-bond acceptors (Lipinski definition) is 4. The molecule has 0 aliphatic heterocycles. The molecule has 0 fully saturated rings. The van der Waals surface area contributed by atoms with E-state index in [1.807, 2.05) is 97.1 Å². The molecule has 39 heavy (non-hydrogen) atoms. The number of benzene rings is 4. The summed E-state index contributed by atoms with van der Waals surface area (Å²) in [6.45, 7) is 5.45. The molecule has 0 saturated carbocycles. The van der Waals surface area contributed by atoms with Gasteiger partial charge in [-0.1, -0.05) is 87.4 Å². The van der Waals surface area contributed by atoms with Crippen LogP contribution < -0.4 is 9.47 Å². The van der Waals surface area contributed by atoms with Gasteiger partial charge in [0.05, 0.1) is 13.2 Å². The van der Waals surface area contributed by atoms with E-state index < -0.39 is 0 Å². The van der Waals surface area contributed by atoms with Crippen LogP contribution in [-0.4, -0.2) is 24.8 Å². The Labute approximate surface area is 231 Å². The number of ketones is 2. The Morgan fingerprint density at radius 3 is 1.33 bits per heavy atom. The molecule has 0 radical (unpaired) electrons. The fraction of sp³-hybridized carbons (Fsp3) is 0.257. The lowest BCUT2D eigenvalue weighted by atomic mass is 9.95. The summed E-state index contributed by atoms with van der Waals surface area (Å²) in [5, 5.41) is 0. The summed E-state index contributed by atoms with van der Waals surface area (Å²) in [5.74, 6) is 1.41. The van der Waals surface area contributed by atoms with Crippen molar-refractivity contribution in [3.8, 4) is 11.5 Å². The molecular weight excluding hydrogens is 484 g/mol. The molecule has 0 heterocycles. The van der Waals surface area contributed by atoms with Crippen molar-refractivity contribution in [3.63, 3.8) is 0 Å². The summed E-state index contributed by atoms with van der Waals surface area (Å²) < 4.78 is 12.3. The van der Waals surface area contributed by atoms with E-state index in [4.69, 9.17) is 9.47 Å². The topological polar surface area (TPSA) is 52.6 Å². The Bertz CT molecular complexity index is 1270. The number of carbonyl (C=O) groups excluding carboxylic acids is 2. The first-order chi connectivity index (χ1) is 19.1. The minimum atomic E-state index is -0.0376. The number of rotatable bonds is 14. The molecule has 0 aliphatic carbocycles. The normalized spacial score (nSPS) is 10.7. The second kappa shape index (κ2) is 14.1. The summed E-state index contributed by atoms with van der Waals surface area (Å²) in [5.41, 5.74) is 4.26. The van der Waals surface area contributed by atoms with E-state index in [9.17, 15) is 9.59 Å². The molecule has 0 aromatic heterocycles. The van der Waals surface area contributed by atoms with Gasteiger partial charge >= 0.3 is 0 Å². The Morgan fingerprint density at radius 2 is 0.949 bits per heavy atom. The second-order valence-electron chi connectivity index (χ2n) is 9.62. The number of unbranched alkanes of at least 4 members (excludes halogenated alkanes) is 2. The molecule has 0 saturated heterocycles. The largest absolute Gasteiger partial charge is 0.493 e. The standard InChI is InChI=1S/C35H36O4/c1-3-5-21-38-32-19-17-28(34(36)26-13-9-7-10-14-26)23-30(32)25-31-24-29(18-20-33(31)39-22-6-4-2)35(37)27-15-11-8-12-16-27/h7-20,23-24H,3-6,21-22,25H2,1-2H3. The van der Waals surface area contributed by atoms with Crippen molar-refractivity contribution in [1.82, 2.24) is 0 Å². The summed E-state index contributed by atoms with van der Waals surface area (Å²) in [6, 6.07) is 29.8. The van der Waals surface area contributed by atoms with Gasteiger partial charge in [0.2, 0.25) is 0 Å². The highest BCUT2D eigenvalue weighted by molar-refractivity contribution is 6.09. The number of ether oxygens (including phenoxy) is 2. The van der Waals surface area contributed by atoms with Gasteiger partial charge in [-0.3, -0.25) is 9.59 Å². The van der Waals surface area contributed by atoms with Crippen LogP contribution in [0.25, 0.3) is 0 Å². The van der Waals surface area contributed by atoms with Gasteiger partial charge < -0.3 is 9.47 Å². The van der Waals surface area contributed by atoms with Crippen molar-refractivity contribution in [2.45, 2.75) is 46.0 Å². The van der Waals surface area contributed by atoms with Gasteiger partial charge in [0.15, 0.2) is 11.6 Å². The molecule has 4 heteroatoms. The number of carbonyl (C=O) groups is 2. The maximum Gasteiger partial charge on any atom is 0.193 e. The Morgan fingerprint density at radius 1 is 0.538 bits per heavy atom. The van der Waals surface area contributed by atoms with E-state index >= 15 is 0 Å². The van der Waals surface area contributed by atoms with Gasteiger partial charge in [-0.25, -0.2) is 0 Å². The molecule has 0 amide bonds. The van der Waals surface area contributed by atoms with Crippen molar-refractivity contribution in [2.24, 2.45) is 0 Å². The van der Waals surface area contributed by atoms with Gasteiger partial charge in [-0.05, 0) is 60.4 Å². The van der Waals surface area contributed by atoms with E-state index in [2.05, 4.69) is 13.8 Å². The summed E-state index contributed by atoms with van der Waals surface area (Å²) in [7, 11) is 0. The first-order valence-electron chi connectivity index (χ1n) is 13.8. The fourth-order valence-corrected chi connectivity index (χ4v) is 4.37. The van der Waals surface area contributed by atoms with Crippen molar-refractivity contribution in [1.29, 1.82) is 0 Å². The maximum atomic E-state index is 13.3. The third-order valence-electron chi connectivity index (χ3n) is 6.61. The van der Waals surface area contributed by atoms with Crippen LogP contribution in [0.15, 0.2) is 97.1 Å². The molecule has 0 unspecified atom stereocenters. The fourth-order valence-electron chi connectivity index (χ4n) is 4.37. The highest BCUT2D eigenvalue weighted by Crippen LogP contribution is 2.30. The van der Waals surface area contributed by atoms with Gasteiger partial charge in [0.1, 0.15) is 11.5 Å². The minimum absolute atomic E-state index is 0.0376. The van der Waals surface area contributed by atoms with Crippen LogP contribution in [-0.2, 0) is 6.42 Å². The van der Waals surface area contributed by atoms with Crippen LogP contribution in [0.4, 0.5) is 0 Å². The lowest BCUT2D eigenvalue weighted by Crippen LogP contribution is -2.08. The molecule has 4 aromatic rings. The SMILES string of the molecule is CCCCOc1ccc(C(=O)c2ccccc2)cc1Cc1cc(C(=O)c2ccccc2)ccc1OCCCC. The van der Waals surface area contributed by atoms with E-state index in [1.54, 1.807) is 0 Å². The quantitative estimate of drug-likeness (QED) is 0.125. The summed E-state index contributed by atoms with van der Waals surface area (Å²) in [4.78, 5) is 26.5. The van der Waals surface area contributed by atoms with Crippen molar-refractivity contribution in [3.05, 3.63) is 130 Å². The van der Waals surface area contributed by atoms with Crippen LogP contribution in [0.5, 0.6) is 11.5 Å². The molecule has 4 aromatic carbocycles. The van der Waals surface area contributed by atoms with E-state index in [-0.39, 0.29) is 11.6 Å². The Balaban J connectivity index is 1.72. The molecule has 0 atom stereocenters. The van der Waals surface area contributed by atoms with Gasteiger partial charge in [-0.2, -0.15) is 0 Å². The predicted octanol–water partition coefficient (Wildman–Crippen LogP) is 8.10. The maximum absolute atomic E-state index is 13.3. The molecule has 4 nitrogen and oxygen atoms in total. The highest BCUT2D eigenvalue weighted by atomic mass is 16.5. The summed E-state index contributed by atoms with van der Waals surface area (Å²) >= 11 is 0. The third kappa shape index (κ3) is 7.44. The molecule has 0 N–H and O–H groups in total. The molecule has 200 valence electrons. The Kier molecular flexibility index (Phi) is 10.1. The summed E-state index contributed by atoms with van der Waals surface area (Å²) in [6.07, 6.45) is 4.40. The average Bonchev–Trinajstić information content (AvgIpc) is 2.99. The van der Waals surface area contributed by atoms with Gasteiger partial charge in [0, 0.05) is 28.7 Å². The molecule has 4 rings (SSSR count). The zero-order chi connectivity index (χ0) is 27.5. The average molecular weight is 521 g/mol. The van der Waals surface area contributed by atoms with E-state index in [0.29, 0.717) is 41.9 Å². The molecular formula is C35H36O4. The lowest BCUT2D eigenvalue weighted by Gasteiger charge is -2.17. The zero-order valence-electron chi connectivity index (χ0n) is 22.8. The Hall–Kier alpha value is -4.18. The van der Waals surface area contributed by atoms with Crippen LogP contribution in [0, 0.1) is 0 Å². The molecule has 0 bridgehead atoms. The predicted molar refractivity (Wildman–Crippen MR) is 156 cm³/mol. The molecule has 0 spiro atoms. The second-order valence-corrected chi connectivity index (χ2v) is 9.62. The van der Waals surface area contributed by atoms with Crippen LogP contribution in [0.1, 0.15) is 82.5 Å². The van der Waals surface area contributed by atoms with E-state index in [1.165, 1.54) is 0 Å². The van der Waals surface area contributed by atoms with Crippen molar-refractivity contribution in [2.75, 3.05) is 13.2 Å². The first kappa shape index (κ1) is 27.8. The van der Waals surface area contributed by atoms with Gasteiger partial charge in [-0.15, -0.1) is 0 Å². The monoisotopic (exact) mass is 520 g/mol. The minimum Gasteiger partial charge on any atom is -0.493 e. The van der Waals surface area contributed by atoms with E-state index in [0.717, 1.165) is 48.3 Å².